The number of carbonyl (C=O) groups is 2. The van der Waals surface area contributed by atoms with Crippen molar-refractivity contribution in [1.82, 2.24) is 4.90 Å². The van der Waals surface area contributed by atoms with E-state index >= 15 is 0 Å². The van der Waals surface area contributed by atoms with Crippen LogP contribution in [0, 0.1) is 6.92 Å². The van der Waals surface area contributed by atoms with Gasteiger partial charge in [0.2, 0.25) is 5.91 Å². The third-order valence-corrected chi connectivity index (χ3v) is 6.69. The minimum Gasteiger partial charge on any atom is -0.274 e. The number of hydrogen-bond donors (Lipinski definition) is 0. The van der Waals surface area contributed by atoms with Crippen molar-refractivity contribution < 1.29 is 18.0 Å². The van der Waals surface area contributed by atoms with E-state index in [0.29, 0.717) is 0 Å². The van der Waals surface area contributed by atoms with Gasteiger partial charge in [-0.05, 0) is 30.7 Å². The van der Waals surface area contributed by atoms with Crippen LogP contribution < -0.4 is 0 Å². The zero-order valence-electron chi connectivity index (χ0n) is 15.5. The minimum absolute atomic E-state index is 0.0380. The molecule has 5 nitrogen and oxygen atoms in total. The molecule has 3 rings (SSSR count). The van der Waals surface area contributed by atoms with E-state index in [-0.39, 0.29) is 23.4 Å². The molecule has 0 radical (unpaired) electrons. The first kappa shape index (κ1) is 19.8. The van der Waals surface area contributed by atoms with E-state index in [1.165, 1.54) is 18.2 Å². The Labute approximate surface area is 164 Å². The Morgan fingerprint density at radius 1 is 1.07 bits per heavy atom. The highest BCUT2D eigenvalue weighted by molar-refractivity contribution is 7.92. The minimum atomic E-state index is -3.95. The van der Waals surface area contributed by atoms with Crippen LogP contribution in [0.2, 0.25) is 0 Å². The summed E-state index contributed by atoms with van der Waals surface area (Å²) in [6, 6.07) is 15.5. The van der Waals surface area contributed by atoms with Crippen LogP contribution in [0.1, 0.15) is 17.5 Å². The van der Waals surface area contributed by atoms with Crippen molar-refractivity contribution in [1.29, 1.82) is 0 Å². The van der Waals surface area contributed by atoms with Crippen LogP contribution in [0.5, 0.6) is 0 Å². The maximum absolute atomic E-state index is 13.2. The molecule has 0 bridgehead atoms. The molecule has 6 heteroatoms. The summed E-state index contributed by atoms with van der Waals surface area (Å²) in [5.41, 5.74) is 1.97. The first-order chi connectivity index (χ1) is 13.3. The lowest BCUT2D eigenvalue weighted by Crippen LogP contribution is -2.51. The van der Waals surface area contributed by atoms with Crippen molar-refractivity contribution in [2.45, 2.75) is 23.5 Å². The van der Waals surface area contributed by atoms with Gasteiger partial charge in [-0.1, -0.05) is 54.1 Å². The van der Waals surface area contributed by atoms with Gasteiger partial charge >= 0.3 is 0 Å². The number of piperidine rings is 1. The van der Waals surface area contributed by atoms with Gasteiger partial charge in [-0.15, -0.1) is 6.58 Å². The Morgan fingerprint density at radius 2 is 1.71 bits per heavy atom. The number of hydrogen-bond acceptors (Lipinski definition) is 4. The fraction of sp³-hybridized carbons (Fsp3) is 0.182. The number of sulfone groups is 1. The van der Waals surface area contributed by atoms with Gasteiger partial charge in [0.1, 0.15) is 5.25 Å². The van der Waals surface area contributed by atoms with Crippen LogP contribution in [0.4, 0.5) is 0 Å². The molecule has 28 heavy (non-hydrogen) atoms. The molecular weight excluding hydrogens is 374 g/mol. The number of amides is 2. The van der Waals surface area contributed by atoms with E-state index in [4.69, 9.17) is 0 Å². The summed E-state index contributed by atoms with van der Waals surface area (Å²) in [7, 11) is -3.95. The van der Waals surface area contributed by atoms with E-state index in [0.717, 1.165) is 16.0 Å². The summed E-state index contributed by atoms with van der Waals surface area (Å²) >= 11 is 0. The van der Waals surface area contributed by atoms with Crippen LogP contribution in [-0.2, 0) is 19.4 Å². The van der Waals surface area contributed by atoms with Crippen molar-refractivity contribution in [2.24, 2.45) is 0 Å². The Kier molecular flexibility index (Phi) is 5.61. The van der Waals surface area contributed by atoms with Crippen LogP contribution in [0.15, 0.2) is 77.7 Å². The Bertz CT molecular complexity index is 1040. The first-order valence-corrected chi connectivity index (χ1v) is 10.4. The number of imide groups is 1. The number of carbonyl (C=O) groups excluding carboxylic acids is 2. The highest BCUT2D eigenvalue weighted by atomic mass is 32.2. The average molecular weight is 395 g/mol. The second-order valence-corrected chi connectivity index (χ2v) is 8.80. The second kappa shape index (κ2) is 7.94. The van der Waals surface area contributed by atoms with E-state index < -0.39 is 26.9 Å². The van der Waals surface area contributed by atoms with Gasteiger partial charge in [0, 0.05) is 18.5 Å². The lowest BCUT2D eigenvalue weighted by molar-refractivity contribution is -0.143. The molecule has 1 unspecified atom stereocenters. The standard InChI is InChI=1S/C22H21NO4S/c1-3-13-23-21(24)18(14-17-7-5-4-6-8-17)15-20(22(23)25)28(26,27)19-11-9-16(2)10-12-19/h3-12,14,20H,1,13,15H2,2H3/b18-14+. The maximum atomic E-state index is 13.2. The van der Waals surface area contributed by atoms with Crippen molar-refractivity contribution >= 4 is 27.7 Å². The van der Waals surface area contributed by atoms with E-state index in [2.05, 4.69) is 6.58 Å². The topological polar surface area (TPSA) is 71.5 Å². The summed E-state index contributed by atoms with van der Waals surface area (Å²) in [5, 5.41) is -1.34. The Balaban J connectivity index is 2.05. The van der Waals surface area contributed by atoms with E-state index in [1.807, 2.05) is 37.3 Å². The molecule has 1 aliphatic heterocycles. The summed E-state index contributed by atoms with van der Waals surface area (Å²) in [6.07, 6.45) is 2.90. The van der Waals surface area contributed by atoms with Crippen molar-refractivity contribution in [2.75, 3.05) is 6.54 Å². The van der Waals surface area contributed by atoms with Crippen LogP contribution in [0.3, 0.4) is 0 Å². The molecule has 1 fully saturated rings. The molecule has 2 aromatic rings. The first-order valence-electron chi connectivity index (χ1n) is 8.87. The quantitative estimate of drug-likeness (QED) is 0.443. The number of rotatable bonds is 5. The highest BCUT2D eigenvalue weighted by Gasteiger charge is 2.44. The van der Waals surface area contributed by atoms with Crippen molar-refractivity contribution in [3.05, 3.63) is 84.0 Å². The summed E-state index contributed by atoms with van der Waals surface area (Å²) in [5.74, 6) is -1.19. The van der Waals surface area contributed by atoms with Gasteiger partial charge < -0.3 is 0 Å². The predicted octanol–water partition coefficient (Wildman–Crippen LogP) is 3.17. The van der Waals surface area contributed by atoms with E-state index in [1.54, 1.807) is 18.2 Å². The number of aryl methyl sites for hydroxylation is 1. The third kappa shape index (κ3) is 3.82. The number of nitrogens with zero attached hydrogens (tertiary/aromatic N) is 1. The number of likely N-dealkylation sites (tertiary alicyclic amines) is 1. The average Bonchev–Trinajstić information content (AvgIpc) is 2.68. The molecule has 0 aromatic heterocycles. The highest BCUT2D eigenvalue weighted by Crippen LogP contribution is 2.29. The molecule has 2 amide bonds. The summed E-state index contributed by atoms with van der Waals surface area (Å²) in [4.78, 5) is 26.7. The second-order valence-electron chi connectivity index (χ2n) is 6.67. The zero-order valence-corrected chi connectivity index (χ0v) is 16.4. The van der Waals surface area contributed by atoms with Gasteiger partial charge in [0.15, 0.2) is 9.84 Å². The monoisotopic (exact) mass is 395 g/mol. The van der Waals surface area contributed by atoms with Gasteiger partial charge in [-0.2, -0.15) is 0 Å². The molecular formula is C22H21NO4S. The molecule has 1 saturated heterocycles. The van der Waals surface area contributed by atoms with Crippen molar-refractivity contribution in [3.63, 3.8) is 0 Å². The predicted molar refractivity (Wildman–Crippen MR) is 108 cm³/mol. The van der Waals surface area contributed by atoms with Crippen LogP contribution in [0.25, 0.3) is 6.08 Å². The number of benzene rings is 2. The Morgan fingerprint density at radius 3 is 2.32 bits per heavy atom. The SMILES string of the molecule is C=CCN1C(=O)/C(=C/c2ccccc2)CC(S(=O)(=O)c2ccc(C)cc2)C1=O. The lowest BCUT2D eigenvalue weighted by Gasteiger charge is -2.31. The molecule has 1 atom stereocenters. The van der Waals surface area contributed by atoms with Gasteiger partial charge in [0.05, 0.1) is 4.90 Å². The smallest absolute Gasteiger partial charge is 0.256 e. The lowest BCUT2D eigenvalue weighted by atomic mass is 10.00. The fourth-order valence-corrected chi connectivity index (χ4v) is 4.76. The molecule has 0 spiro atoms. The maximum Gasteiger partial charge on any atom is 0.256 e. The Hall–Kier alpha value is -2.99. The molecule has 0 aliphatic carbocycles. The molecule has 2 aromatic carbocycles. The van der Waals surface area contributed by atoms with Crippen molar-refractivity contribution in [3.8, 4) is 0 Å². The molecule has 144 valence electrons. The van der Waals surface area contributed by atoms with Gasteiger partial charge in [-0.25, -0.2) is 8.42 Å². The molecule has 1 heterocycles. The normalized spacial score (nSPS) is 19.1. The van der Waals surface area contributed by atoms with Crippen LogP contribution in [-0.4, -0.2) is 36.9 Å². The van der Waals surface area contributed by atoms with Crippen LogP contribution >= 0.6 is 0 Å². The van der Waals surface area contributed by atoms with Gasteiger partial charge in [0.25, 0.3) is 5.91 Å². The zero-order chi connectivity index (χ0) is 20.3. The van der Waals surface area contributed by atoms with Gasteiger partial charge in [-0.3, -0.25) is 14.5 Å². The fourth-order valence-electron chi connectivity index (χ4n) is 3.13. The largest absolute Gasteiger partial charge is 0.274 e. The molecule has 1 aliphatic rings. The van der Waals surface area contributed by atoms with E-state index in [9.17, 15) is 18.0 Å². The summed E-state index contributed by atoms with van der Waals surface area (Å²) < 4.78 is 26.3. The third-order valence-electron chi connectivity index (χ3n) is 4.64. The molecule has 0 N–H and O–H groups in total. The molecule has 0 saturated carbocycles. The summed E-state index contributed by atoms with van der Waals surface area (Å²) in [6.45, 7) is 5.39.